The van der Waals surface area contributed by atoms with Crippen molar-refractivity contribution in [2.45, 2.75) is 238 Å². The van der Waals surface area contributed by atoms with Gasteiger partial charge in [-0.15, -0.1) is 0 Å². The molecule has 3 N–H and O–H groups in total. The lowest BCUT2D eigenvalue weighted by molar-refractivity contribution is -0.123. The van der Waals surface area contributed by atoms with Crippen molar-refractivity contribution < 1.29 is 15.0 Å². The van der Waals surface area contributed by atoms with Crippen LogP contribution in [0.25, 0.3) is 0 Å². The first-order chi connectivity index (χ1) is 29.2. The van der Waals surface area contributed by atoms with Gasteiger partial charge in [-0.1, -0.05) is 233 Å². The molecule has 0 heterocycles. The lowest BCUT2D eigenvalue weighted by Crippen LogP contribution is -2.45. The molecule has 0 aromatic heterocycles. The number of allylic oxidation sites excluding steroid dienone is 15. The predicted octanol–water partition coefficient (Wildman–Crippen LogP) is 16.2. The second-order valence-corrected chi connectivity index (χ2v) is 16.5. The summed E-state index contributed by atoms with van der Waals surface area (Å²) in [4.78, 5) is 12.4. The molecule has 0 aliphatic rings. The number of nitrogens with one attached hydrogen (secondary N) is 1. The van der Waals surface area contributed by atoms with E-state index in [1.54, 1.807) is 6.08 Å². The van der Waals surface area contributed by atoms with Crippen LogP contribution in [-0.4, -0.2) is 34.9 Å². The highest BCUT2D eigenvalue weighted by Gasteiger charge is 2.17. The molecule has 0 aromatic rings. The fourth-order valence-electron chi connectivity index (χ4n) is 7.02. The Morgan fingerprint density at radius 1 is 0.424 bits per heavy atom. The van der Waals surface area contributed by atoms with E-state index in [4.69, 9.17) is 0 Å². The molecule has 0 rings (SSSR count). The highest BCUT2D eigenvalue weighted by Crippen LogP contribution is 2.15. The van der Waals surface area contributed by atoms with Crippen molar-refractivity contribution in [3.8, 4) is 0 Å². The van der Waals surface area contributed by atoms with Gasteiger partial charge >= 0.3 is 0 Å². The molecule has 0 radical (unpaired) electrons. The molecule has 4 nitrogen and oxygen atoms in total. The zero-order chi connectivity index (χ0) is 42.8. The van der Waals surface area contributed by atoms with Crippen molar-refractivity contribution in [1.82, 2.24) is 5.32 Å². The smallest absolute Gasteiger partial charge is 0.220 e. The summed E-state index contributed by atoms with van der Waals surface area (Å²) in [6, 6.07) is -0.643. The highest BCUT2D eigenvalue weighted by molar-refractivity contribution is 5.76. The number of carbonyl (C=O) groups excluding carboxylic acids is 1. The zero-order valence-corrected chi connectivity index (χ0v) is 38.7. The standard InChI is InChI=1S/C55H95NO3/c1-3-5-7-9-11-13-15-17-19-20-21-22-23-24-25-26-27-28-29-30-31-32-33-34-35-36-37-39-41-43-45-47-49-51-55(59)56-53(52-57)54(58)50-48-46-44-42-40-38-18-16-14-12-10-8-6-4-2/h5,7,11,13,17,19,21-22,24-25,27-28,40,42,48,50,53-54,57-58H,3-4,6,8-10,12,14-16,18,20,23,26,29-39,41,43-47,49,51-52H2,1-2H3,(H,56,59)/b7-5-,13-11-,19-17-,22-21-,25-24-,28-27-,42-40+,50-48+. The molecule has 0 aliphatic heterocycles. The van der Waals surface area contributed by atoms with Gasteiger partial charge in [-0.3, -0.25) is 4.79 Å². The maximum Gasteiger partial charge on any atom is 0.220 e. The Labute approximate surface area is 366 Å². The first-order valence-electron chi connectivity index (χ1n) is 25.0. The molecule has 59 heavy (non-hydrogen) atoms. The van der Waals surface area contributed by atoms with E-state index in [1.165, 1.54) is 135 Å². The maximum absolute atomic E-state index is 12.4. The van der Waals surface area contributed by atoms with Gasteiger partial charge < -0.3 is 15.5 Å². The maximum atomic E-state index is 12.4. The van der Waals surface area contributed by atoms with E-state index in [0.717, 1.165) is 70.6 Å². The van der Waals surface area contributed by atoms with Crippen LogP contribution in [0.2, 0.25) is 0 Å². The topological polar surface area (TPSA) is 69.6 Å². The highest BCUT2D eigenvalue weighted by atomic mass is 16.3. The quantitative estimate of drug-likeness (QED) is 0.0424. The summed E-state index contributed by atoms with van der Waals surface area (Å²) in [5.74, 6) is -0.0784. The minimum Gasteiger partial charge on any atom is -0.394 e. The molecule has 1 amide bonds. The van der Waals surface area contributed by atoms with Gasteiger partial charge in [0.05, 0.1) is 18.8 Å². The number of aliphatic hydroxyl groups excluding tert-OH is 2. The normalized spacial score (nSPS) is 13.8. The molecule has 2 atom stereocenters. The van der Waals surface area contributed by atoms with Gasteiger partial charge in [0.2, 0.25) is 5.91 Å². The van der Waals surface area contributed by atoms with Crippen molar-refractivity contribution in [3.63, 3.8) is 0 Å². The van der Waals surface area contributed by atoms with Crippen molar-refractivity contribution in [2.75, 3.05) is 6.61 Å². The Morgan fingerprint density at radius 2 is 0.763 bits per heavy atom. The number of hydrogen-bond donors (Lipinski definition) is 3. The molecule has 0 fully saturated rings. The summed E-state index contributed by atoms with van der Waals surface area (Å²) in [5, 5.41) is 23.0. The van der Waals surface area contributed by atoms with E-state index in [0.29, 0.717) is 6.42 Å². The fourth-order valence-corrected chi connectivity index (χ4v) is 7.02. The number of carbonyl (C=O) groups is 1. The minimum absolute atomic E-state index is 0.0784. The average Bonchev–Trinajstić information content (AvgIpc) is 3.24. The number of amides is 1. The molecule has 0 bridgehead atoms. The molecule has 0 spiro atoms. The number of unbranched alkanes of at least 4 members (excludes halogenated alkanes) is 23. The molecule has 0 aromatic carbocycles. The van der Waals surface area contributed by atoms with E-state index >= 15 is 0 Å². The molecule has 338 valence electrons. The Kier molecular flexibility index (Phi) is 47.4. The van der Waals surface area contributed by atoms with Crippen LogP contribution in [-0.2, 0) is 4.79 Å². The monoisotopic (exact) mass is 818 g/mol. The van der Waals surface area contributed by atoms with Gasteiger partial charge in [0.1, 0.15) is 0 Å². The zero-order valence-electron chi connectivity index (χ0n) is 38.7. The van der Waals surface area contributed by atoms with Crippen LogP contribution in [0.3, 0.4) is 0 Å². The van der Waals surface area contributed by atoms with Gasteiger partial charge in [0.15, 0.2) is 0 Å². The Balaban J connectivity index is 3.56. The molecular formula is C55H95NO3. The fraction of sp³-hybridized carbons (Fsp3) is 0.691. The van der Waals surface area contributed by atoms with Crippen LogP contribution >= 0.6 is 0 Å². The largest absolute Gasteiger partial charge is 0.394 e. The van der Waals surface area contributed by atoms with E-state index in [1.807, 2.05) is 6.08 Å². The van der Waals surface area contributed by atoms with Crippen LogP contribution in [0.5, 0.6) is 0 Å². The first kappa shape index (κ1) is 56.3. The predicted molar refractivity (Wildman–Crippen MR) is 262 cm³/mol. The van der Waals surface area contributed by atoms with Crippen molar-refractivity contribution >= 4 is 5.91 Å². The minimum atomic E-state index is -0.866. The molecule has 0 saturated carbocycles. The van der Waals surface area contributed by atoms with E-state index in [-0.39, 0.29) is 12.5 Å². The summed E-state index contributed by atoms with van der Waals surface area (Å²) < 4.78 is 0. The van der Waals surface area contributed by atoms with Crippen LogP contribution in [0.1, 0.15) is 226 Å². The molecule has 4 heteroatoms. The van der Waals surface area contributed by atoms with Crippen LogP contribution in [0, 0.1) is 0 Å². The lowest BCUT2D eigenvalue weighted by atomic mass is 10.0. The second-order valence-electron chi connectivity index (χ2n) is 16.5. The molecule has 0 saturated heterocycles. The summed E-state index contributed by atoms with van der Waals surface area (Å²) in [6.07, 6.45) is 74.0. The van der Waals surface area contributed by atoms with Crippen LogP contribution < -0.4 is 5.32 Å². The van der Waals surface area contributed by atoms with Crippen molar-refractivity contribution in [1.29, 1.82) is 0 Å². The summed E-state index contributed by atoms with van der Waals surface area (Å²) in [6.45, 7) is 4.17. The third-order valence-corrected chi connectivity index (χ3v) is 10.8. The van der Waals surface area contributed by atoms with Crippen molar-refractivity contribution in [2.24, 2.45) is 0 Å². The van der Waals surface area contributed by atoms with E-state index in [2.05, 4.69) is 104 Å². The van der Waals surface area contributed by atoms with Gasteiger partial charge in [-0.2, -0.15) is 0 Å². The second kappa shape index (κ2) is 49.7. The van der Waals surface area contributed by atoms with Crippen LogP contribution in [0.15, 0.2) is 97.2 Å². The van der Waals surface area contributed by atoms with Gasteiger partial charge in [0, 0.05) is 6.42 Å². The Hall–Kier alpha value is -2.69. The van der Waals surface area contributed by atoms with Crippen molar-refractivity contribution in [3.05, 3.63) is 97.2 Å². The molecular weight excluding hydrogens is 723 g/mol. The summed E-state index contributed by atoms with van der Waals surface area (Å²) in [7, 11) is 0. The SMILES string of the molecule is CC/C=C\C/C=C\C/C=C\C/C=C\C/C=C\C/C=C\CCCCCCCCCCCCCCCCC(=O)NC(CO)C(O)/C=C/CC/C=C/CCCCCCCCCC. The van der Waals surface area contributed by atoms with E-state index < -0.39 is 12.1 Å². The summed E-state index contributed by atoms with van der Waals surface area (Å²) >= 11 is 0. The number of rotatable bonds is 44. The third kappa shape index (κ3) is 46.2. The van der Waals surface area contributed by atoms with Gasteiger partial charge in [-0.05, 0) is 83.5 Å². The Morgan fingerprint density at radius 3 is 1.19 bits per heavy atom. The van der Waals surface area contributed by atoms with Gasteiger partial charge in [-0.25, -0.2) is 0 Å². The lowest BCUT2D eigenvalue weighted by Gasteiger charge is -2.19. The van der Waals surface area contributed by atoms with E-state index in [9.17, 15) is 15.0 Å². The third-order valence-electron chi connectivity index (χ3n) is 10.8. The summed E-state index contributed by atoms with van der Waals surface area (Å²) in [5.41, 5.74) is 0. The molecule has 2 unspecified atom stereocenters. The van der Waals surface area contributed by atoms with Gasteiger partial charge in [0.25, 0.3) is 0 Å². The molecule has 0 aliphatic carbocycles. The number of aliphatic hydroxyl groups is 2. The Bertz CT molecular complexity index is 1110. The van der Waals surface area contributed by atoms with Crippen LogP contribution in [0.4, 0.5) is 0 Å². The number of hydrogen-bond acceptors (Lipinski definition) is 3. The average molecular weight is 818 g/mol. The first-order valence-corrected chi connectivity index (χ1v) is 25.0.